The first-order valence-electron chi connectivity index (χ1n) is 7.49. The fraction of sp³-hybridized carbons (Fsp3) is 0.529. The first-order valence-corrected chi connectivity index (χ1v) is 7.49. The summed E-state index contributed by atoms with van der Waals surface area (Å²) in [6.45, 7) is 7.19. The second kappa shape index (κ2) is 7.82. The minimum absolute atomic E-state index is 0.0108. The van der Waals surface area contributed by atoms with Crippen LogP contribution in [0.25, 0.3) is 0 Å². The molecule has 122 valence electrons. The molecule has 0 spiro atoms. The van der Waals surface area contributed by atoms with Gasteiger partial charge in [-0.15, -0.1) is 0 Å². The molecule has 0 aliphatic rings. The van der Waals surface area contributed by atoms with Crippen LogP contribution in [-0.2, 0) is 11.3 Å². The van der Waals surface area contributed by atoms with Gasteiger partial charge in [0, 0.05) is 34.2 Å². The van der Waals surface area contributed by atoms with E-state index in [2.05, 4.69) is 46.8 Å². The van der Waals surface area contributed by atoms with E-state index in [0.29, 0.717) is 6.54 Å². The molecule has 0 atom stereocenters. The van der Waals surface area contributed by atoms with Crippen molar-refractivity contribution in [2.75, 3.05) is 27.7 Å². The van der Waals surface area contributed by atoms with Gasteiger partial charge in [-0.1, -0.05) is 29.8 Å². The summed E-state index contributed by atoms with van der Waals surface area (Å²) in [7, 11) is 5.39. The summed E-state index contributed by atoms with van der Waals surface area (Å²) in [6, 6.07) is 8.45. The summed E-state index contributed by atoms with van der Waals surface area (Å²) in [5.74, 6) is 0.786. The molecule has 1 aromatic carbocycles. The van der Waals surface area contributed by atoms with E-state index in [1.807, 2.05) is 25.8 Å². The molecular formula is C17H28N4O. The fourth-order valence-electron chi connectivity index (χ4n) is 2.15. The Balaban J connectivity index is 2.64. The van der Waals surface area contributed by atoms with Gasteiger partial charge in [0.1, 0.15) is 0 Å². The second-order valence-corrected chi connectivity index (χ2v) is 6.21. The predicted octanol–water partition coefficient (Wildman–Crippen LogP) is 1.77. The Morgan fingerprint density at radius 2 is 1.86 bits per heavy atom. The summed E-state index contributed by atoms with van der Waals surface area (Å²) in [6.07, 6.45) is 0. The number of rotatable bonds is 5. The van der Waals surface area contributed by atoms with E-state index < -0.39 is 5.41 Å². The molecule has 0 unspecified atom stereocenters. The van der Waals surface area contributed by atoms with Gasteiger partial charge < -0.3 is 15.5 Å². The van der Waals surface area contributed by atoms with Crippen LogP contribution in [0.3, 0.4) is 0 Å². The Hall–Kier alpha value is -2.04. The van der Waals surface area contributed by atoms with Crippen molar-refractivity contribution in [1.82, 2.24) is 15.5 Å². The second-order valence-electron chi connectivity index (χ2n) is 6.21. The zero-order valence-electron chi connectivity index (χ0n) is 14.5. The molecule has 0 aliphatic heterocycles. The SMILES string of the molecule is CN=C(NCC(C)(C)C(=O)NC)N(C)Cc1ccc(C)cc1. The highest BCUT2D eigenvalue weighted by Crippen LogP contribution is 2.13. The largest absolute Gasteiger partial charge is 0.359 e. The van der Waals surface area contributed by atoms with Crippen LogP contribution in [0.4, 0.5) is 0 Å². The Labute approximate surface area is 133 Å². The maximum atomic E-state index is 11.8. The van der Waals surface area contributed by atoms with Crippen molar-refractivity contribution in [3.63, 3.8) is 0 Å². The summed E-state index contributed by atoms with van der Waals surface area (Å²) >= 11 is 0. The van der Waals surface area contributed by atoms with Crippen LogP contribution in [0, 0.1) is 12.3 Å². The van der Waals surface area contributed by atoms with Crippen molar-refractivity contribution in [3.8, 4) is 0 Å². The van der Waals surface area contributed by atoms with Gasteiger partial charge in [0.05, 0.1) is 5.41 Å². The number of hydrogen-bond acceptors (Lipinski definition) is 2. The van der Waals surface area contributed by atoms with Crippen LogP contribution < -0.4 is 10.6 Å². The number of nitrogens with zero attached hydrogens (tertiary/aromatic N) is 2. The van der Waals surface area contributed by atoms with E-state index in [1.165, 1.54) is 11.1 Å². The average molecular weight is 304 g/mol. The van der Waals surface area contributed by atoms with Gasteiger partial charge in [0.15, 0.2) is 5.96 Å². The van der Waals surface area contributed by atoms with Crippen molar-refractivity contribution in [1.29, 1.82) is 0 Å². The third-order valence-corrected chi connectivity index (χ3v) is 3.64. The topological polar surface area (TPSA) is 56.7 Å². The molecule has 1 aromatic rings. The molecule has 1 rings (SSSR count). The smallest absolute Gasteiger partial charge is 0.227 e. The van der Waals surface area contributed by atoms with Gasteiger partial charge in [-0.25, -0.2) is 0 Å². The average Bonchev–Trinajstić information content (AvgIpc) is 2.49. The number of nitrogens with one attached hydrogen (secondary N) is 2. The first-order chi connectivity index (χ1) is 10.3. The highest BCUT2D eigenvalue weighted by molar-refractivity contribution is 5.84. The Morgan fingerprint density at radius 1 is 1.27 bits per heavy atom. The molecular weight excluding hydrogens is 276 g/mol. The number of benzene rings is 1. The van der Waals surface area contributed by atoms with E-state index >= 15 is 0 Å². The van der Waals surface area contributed by atoms with E-state index in [1.54, 1.807) is 14.1 Å². The molecule has 0 aliphatic carbocycles. The lowest BCUT2D eigenvalue weighted by Crippen LogP contribution is -2.47. The highest BCUT2D eigenvalue weighted by atomic mass is 16.2. The number of carbonyl (C=O) groups is 1. The molecule has 0 saturated heterocycles. The van der Waals surface area contributed by atoms with Gasteiger partial charge in [0.25, 0.3) is 0 Å². The normalized spacial score (nSPS) is 12.0. The molecule has 0 saturated carbocycles. The molecule has 5 heteroatoms. The molecule has 0 fully saturated rings. The van der Waals surface area contributed by atoms with Crippen molar-refractivity contribution < 1.29 is 4.79 Å². The summed E-state index contributed by atoms with van der Waals surface area (Å²) < 4.78 is 0. The van der Waals surface area contributed by atoms with Crippen LogP contribution in [0.15, 0.2) is 29.3 Å². The van der Waals surface area contributed by atoms with E-state index in [4.69, 9.17) is 0 Å². The quantitative estimate of drug-likeness (QED) is 0.644. The minimum Gasteiger partial charge on any atom is -0.359 e. The predicted molar refractivity (Wildman–Crippen MR) is 91.9 cm³/mol. The molecule has 5 nitrogen and oxygen atoms in total. The maximum absolute atomic E-state index is 11.8. The van der Waals surface area contributed by atoms with E-state index in [9.17, 15) is 4.79 Å². The van der Waals surface area contributed by atoms with Gasteiger partial charge in [-0.05, 0) is 26.3 Å². The van der Waals surface area contributed by atoms with Crippen molar-refractivity contribution in [2.24, 2.45) is 10.4 Å². The lowest BCUT2D eigenvalue weighted by molar-refractivity contribution is -0.128. The molecule has 0 radical (unpaired) electrons. The maximum Gasteiger partial charge on any atom is 0.227 e. The molecule has 1 amide bonds. The van der Waals surface area contributed by atoms with Crippen molar-refractivity contribution >= 4 is 11.9 Å². The van der Waals surface area contributed by atoms with Gasteiger partial charge in [-0.3, -0.25) is 9.79 Å². The van der Waals surface area contributed by atoms with E-state index in [-0.39, 0.29) is 5.91 Å². The van der Waals surface area contributed by atoms with Crippen LogP contribution in [0.1, 0.15) is 25.0 Å². The molecule has 22 heavy (non-hydrogen) atoms. The Bertz CT molecular complexity index is 520. The van der Waals surface area contributed by atoms with Gasteiger partial charge in [0.2, 0.25) is 5.91 Å². The number of aryl methyl sites for hydroxylation is 1. The number of carbonyl (C=O) groups excluding carboxylic acids is 1. The minimum atomic E-state index is -0.491. The molecule has 0 heterocycles. The van der Waals surface area contributed by atoms with Gasteiger partial charge in [-0.2, -0.15) is 0 Å². The molecule has 2 N–H and O–H groups in total. The standard InChI is InChI=1S/C17H28N4O/c1-13-7-9-14(10-8-13)11-21(6)16(19-5)20-12-17(2,3)15(22)18-4/h7-10H,11-12H2,1-6H3,(H,18,22)(H,19,20). The summed E-state index contributed by atoms with van der Waals surface area (Å²) in [4.78, 5) is 18.2. The monoisotopic (exact) mass is 304 g/mol. The van der Waals surface area contributed by atoms with Crippen LogP contribution in [0.5, 0.6) is 0 Å². The van der Waals surface area contributed by atoms with Crippen LogP contribution in [-0.4, -0.2) is 44.5 Å². The van der Waals surface area contributed by atoms with Gasteiger partial charge >= 0.3 is 0 Å². The summed E-state index contributed by atoms with van der Waals surface area (Å²) in [5.41, 5.74) is 1.98. The lowest BCUT2D eigenvalue weighted by Gasteiger charge is -2.27. The molecule has 0 bridgehead atoms. The number of hydrogen-bond donors (Lipinski definition) is 2. The van der Waals surface area contributed by atoms with Crippen molar-refractivity contribution in [2.45, 2.75) is 27.3 Å². The zero-order chi connectivity index (χ0) is 16.8. The number of guanidine groups is 1. The van der Waals surface area contributed by atoms with Crippen molar-refractivity contribution in [3.05, 3.63) is 35.4 Å². The Morgan fingerprint density at radius 3 is 2.36 bits per heavy atom. The third kappa shape index (κ3) is 5.06. The first kappa shape index (κ1) is 18.0. The van der Waals surface area contributed by atoms with Crippen LogP contribution in [0.2, 0.25) is 0 Å². The van der Waals surface area contributed by atoms with E-state index in [0.717, 1.165) is 12.5 Å². The third-order valence-electron chi connectivity index (χ3n) is 3.64. The highest BCUT2D eigenvalue weighted by Gasteiger charge is 2.27. The molecule has 0 aromatic heterocycles. The summed E-state index contributed by atoms with van der Waals surface area (Å²) in [5, 5.41) is 5.96. The number of amides is 1. The van der Waals surface area contributed by atoms with Crippen LogP contribution >= 0.6 is 0 Å². The lowest BCUT2D eigenvalue weighted by atomic mass is 9.92. The zero-order valence-corrected chi connectivity index (χ0v) is 14.5. The fourth-order valence-corrected chi connectivity index (χ4v) is 2.15. The Kier molecular flexibility index (Phi) is 6.40. The number of aliphatic imine (C=N–C) groups is 1.